The SMILES string of the molecule is COc1cncc(N2CCN([C@H]3C=CCCC3)CC2)n1. The Bertz CT molecular complexity index is 469. The number of piperazine rings is 1. The molecule has 0 N–H and O–H groups in total. The van der Waals surface area contributed by atoms with Crippen molar-refractivity contribution in [2.45, 2.75) is 25.3 Å². The highest BCUT2D eigenvalue weighted by Gasteiger charge is 2.23. The Morgan fingerprint density at radius 2 is 2.05 bits per heavy atom. The first-order valence-electron chi connectivity index (χ1n) is 7.38. The summed E-state index contributed by atoms with van der Waals surface area (Å²) in [7, 11) is 1.63. The van der Waals surface area contributed by atoms with Crippen LogP contribution in [0.3, 0.4) is 0 Å². The molecule has 108 valence electrons. The van der Waals surface area contributed by atoms with Crippen molar-refractivity contribution < 1.29 is 4.74 Å². The zero-order valence-corrected chi connectivity index (χ0v) is 12.0. The first-order chi connectivity index (χ1) is 9.86. The Morgan fingerprint density at radius 3 is 2.75 bits per heavy atom. The quantitative estimate of drug-likeness (QED) is 0.785. The Kier molecular flexibility index (Phi) is 4.16. The fourth-order valence-corrected chi connectivity index (χ4v) is 2.97. The van der Waals surface area contributed by atoms with Crippen LogP contribution < -0.4 is 9.64 Å². The summed E-state index contributed by atoms with van der Waals surface area (Å²) in [5, 5.41) is 0. The molecule has 1 aromatic heterocycles. The molecule has 1 saturated heterocycles. The van der Waals surface area contributed by atoms with Gasteiger partial charge in [-0.2, -0.15) is 4.98 Å². The van der Waals surface area contributed by atoms with Crippen molar-refractivity contribution in [1.29, 1.82) is 0 Å². The average Bonchev–Trinajstić information content (AvgIpc) is 2.56. The van der Waals surface area contributed by atoms with E-state index in [2.05, 4.69) is 31.9 Å². The summed E-state index contributed by atoms with van der Waals surface area (Å²) in [4.78, 5) is 13.5. The number of anilines is 1. The van der Waals surface area contributed by atoms with Crippen LogP contribution in [0.4, 0.5) is 5.82 Å². The first kappa shape index (κ1) is 13.4. The van der Waals surface area contributed by atoms with E-state index in [-0.39, 0.29) is 0 Å². The minimum absolute atomic E-state index is 0.583. The summed E-state index contributed by atoms with van der Waals surface area (Å²) in [6.07, 6.45) is 12.0. The van der Waals surface area contributed by atoms with E-state index in [4.69, 9.17) is 4.74 Å². The van der Waals surface area contributed by atoms with Gasteiger partial charge in [0.2, 0.25) is 5.88 Å². The molecule has 5 nitrogen and oxygen atoms in total. The van der Waals surface area contributed by atoms with Gasteiger partial charge >= 0.3 is 0 Å². The van der Waals surface area contributed by atoms with Crippen molar-refractivity contribution in [3.05, 3.63) is 24.5 Å². The molecule has 0 radical (unpaired) electrons. The molecule has 0 aromatic carbocycles. The lowest BCUT2D eigenvalue weighted by atomic mass is 10.0. The van der Waals surface area contributed by atoms with E-state index < -0.39 is 0 Å². The summed E-state index contributed by atoms with van der Waals surface area (Å²) in [6.45, 7) is 4.19. The molecular formula is C15H22N4O. The number of hydrogen-bond donors (Lipinski definition) is 0. The maximum Gasteiger partial charge on any atom is 0.233 e. The molecule has 2 aliphatic rings. The highest BCUT2D eigenvalue weighted by Crippen LogP contribution is 2.20. The van der Waals surface area contributed by atoms with E-state index in [1.54, 1.807) is 13.3 Å². The second-order valence-corrected chi connectivity index (χ2v) is 5.37. The van der Waals surface area contributed by atoms with E-state index in [0.29, 0.717) is 11.9 Å². The van der Waals surface area contributed by atoms with Gasteiger partial charge < -0.3 is 9.64 Å². The molecule has 1 aliphatic carbocycles. The lowest BCUT2D eigenvalue weighted by Gasteiger charge is -2.39. The van der Waals surface area contributed by atoms with Crippen LogP contribution in [-0.4, -0.2) is 54.2 Å². The lowest BCUT2D eigenvalue weighted by Crippen LogP contribution is -2.50. The zero-order chi connectivity index (χ0) is 13.8. The Hall–Kier alpha value is -1.62. The van der Waals surface area contributed by atoms with Gasteiger partial charge in [0.1, 0.15) is 0 Å². The number of methoxy groups -OCH3 is 1. The maximum absolute atomic E-state index is 5.14. The number of hydrogen-bond acceptors (Lipinski definition) is 5. The predicted octanol–water partition coefficient (Wildman–Crippen LogP) is 1.72. The third-order valence-corrected chi connectivity index (χ3v) is 4.15. The van der Waals surface area contributed by atoms with Gasteiger partial charge in [-0.15, -0.1) is 0 Å². The number of allylic oxidation sites excluding steroid dienone is 1. The van der Waals surface area contributed by atoms with E-state index in [9.17, 15) is 0 Å². The van der Waals surface area contributed by atoms with Crippen molar-refractivity contribution in [2.75, 3.05) is 38.2 Å². The summed E-state index contributed by atoms with van der Waals surface area (Å²) in [6, 6.07) is 0.641. The monoisotopic (exact) mass is 274 g/mol. The molecule has 1 aromatic rings. The molecule has 0 unspecified atom stereocenters. The molecule has 20 heavy (non-hydrogen) atoms. The molecule has 5 heteroatoms. The molecule has 1 fully saturated rings. The fraction of sp³-hybridized carbons (Fsp3) is 0.600. The van der Waals surface area contributed by atoms with Crippen LogP contribution in [0, 0.1) is 0 Å². The predicted molar refractivity (Wildman–Crippen MR) is 79.1 cm³/mol. The van der Waals surface area contributed by atoms with Crippen LogP contribution in [0.1, 0.15) is 19.3 Å². The van der Waals surface area contributed by atoms with Crippen molar-refractivity contribution in [2.24, 2.45) is 0 Å². The summed E-state index contributed by atoms with van der Waals surface area (Å²) in [5.41, 5.74) is 0. The van der Waals surface area contributed by atoms with Crippen LogP contribution in [0.15, 0.2) is 24.5 Å². The molecule has 1 aliphatic heterocycles. The maximum atomic E-state index is 5.14. The Morgan fingerprint density at radius 1 is 1.20 bits per heavy atom. The second kappa shape index (κ2) is 6.22. The average molecular weight is 274 g/mol. The Balaban J connectivity index is 1.60. The topological polar surface area (TPSA) is 41.5 Å². The highest BCUT2D eigenvalue weighted by molar-refractivity contribution is 5.38. The highest BCUT2D eigenvalue weighted by atomic mass is 16.5. The van der Waals surface area contributed by atoms with Crippen molar-refractivity contribution >= 4 is 5.82 Å². The van der Waals surface area contributed by atoms with Crippen LogP contribution in [0.2, 0.25) is 0 Å². The van der Waals surface area contributed by atoms with Crippen molar-refractivity contribution in [1.82, 2.24) is 14.9 Å². The van der Waals surface area contributed by atoms with Gasteiger partial charge in [0.05, 0.1) is 19.5 Å². The van der Waals surface area contributed by atoms with Gasteiger partial charge in [-0.05, 0) is 19.3 Å². The van der Waals surface area contributed by atoms with E-state index in [1.165, 1.54) is 19.3 Å². The van der Waals surface area contributed by atoms with Crippen LogP contribution in [0.5, 0.6) is 5.88 Å². The summed E-state index contributed by atoms with van der Waals surface area (Å²) < 4.78 is 5.14. The minimum Gasteiger partial charge on any atom is -0.480 e. The second-order valence-electron chi connectivity index (χ2n) is 5.37. The molecule has 1 atom stereocenters. The van der Waals surface area contributed by atoms with Gasteiger partial charge in [-0.3, -0.25) is 9.88 Å². The molecule has 0 spiro atoms. The minimum atomic E-state index is 0.583. The molecule has 3 rings (SSSR count). The molecule has 0 saturated carbocycles. The lowest BCUT2D eigenvalue weighted by molar-refractivity contribution is 0.201. The first-order valence-corrected chi connectivity index (χ1v) is 7.38. The standard InChI is InChI=1S/C15H22N4O/c1-20-15-12-16-11-14(17-15)19-9-7-18(8-10-19)13-5-3-2-4-6-13/h3,5,11-13H,2,4,6-10H2,1H3/t13-/m0/s1. The summed E-state index contributed by atoms with van der Waals surface area (Å²) >= 11 is 0. The third kappa shape index (κ3) is 2.93. The third-order valence-electron chi connectivity index (χ3n) is 4.15. The van der Waals surface area contributed by atoms with Gasteiger partial charge in [0.15, 0.2) is 5.82 Å². The van der Waals surface area contributed by atoms with E-state index >= 15 is 0 Å². The van der Waals surface area contributed by atoms with Crippen molar-refractivity contribution in [3.63, 3.8) is 0 Å². The summed E-state index contributed by atoms with van der Waals surface area (Å²) in [5.74, 6) is 1.50. The smallest absolute Gasteiger partial charge is 0.233 e. The largest absolute Gasteiger partial charge is 0.480 e. The van der Waals surface area contributed by atoms with E-state index in [0.717, 1.165) is 32.0 Å². The number of nitrogens with zero attached hydrogens (tertiary/aromatic N) is 4. The zero-order valence-electron chi connectivity index (χ0n) is 12.0. The van der Waals surface area contributed by atoms with Gasteiger partial charge in [0.25, 0.3) is 0 Å². The van der Waals surface area contributed by atoms with Crippen LogP contribution in [0.25, 0.3) is 0 Å². The number of aromatic nitrogens is 2. The van der Waals surface area contributed by atoms with Crippen LogP contribution in [-0.2, 0) is 0 Å². The number of ether oxygens (including phenoxy) is 1. The molecule has 0 bridgehead atoms. The van der Waals surface area contributed by atoms with Crippen molar-refractivity contribution in [3.8, 4) is 5.88 Å². The molecule has 2 heterocycles. The van der Waals surface area contributed by atoms with Gasteiger partial charge in [-0.25, -0.2) is 0 Å². The van der Waals surface area contributed by atoms with Crippen LogP contribution >= 0.6 is 0 Å². The molecule has 0 amide bonds. The fourth-order valence-electron chi connectivity index (χ4n) is 2.97. The normalized spacial score (nSPS) is 23.9. The van der Waals surface area contributed by atoms with Gasteiger partial charge in [-0.1, -0.05) is 12.2 Å². The Labute approximate surface area is 120 Å². The molecular weight excluding hydrogens is 252 g/mol. The van der Waals surface area contributed by atoms with E-state index in [1.807, 2.05) is 6.20 Å². The van der Waals surface area contributed by atoms with Gasteiger partial charge in [0, 0.05) is 32.2 Å². The number of rotatable bonds is 3.